The van der Waals surface area contributed by atoms with Gasteiger partial charge < -0.3 is 15.8 Å². The highest BCUT2D eigenvalue weighted by Gasteiger charge is 2.23. The first-order chi connectivity index (χ1) is 13.2. The van der Waals surface area contributed by atoms with Gasteiger partial charge in [0.25, 0.3) is 0 Å². The second kappa shape index (κ2) is 11.7. The number of rotatable bonds is 13. The molecule has 0 aliphatic carbocycles. The predicted octanol–water partition coefficient (Wildman–Crippen LogP) is 4.33. The maximum absolute atomic E-state index is 12.0. The van der Waals surface area contributed by atoms with E-state index in [0.717, 1.165) is 37.9 Å². The van der Waals surface area contributed by atoms with Crippen LogP contribution in [0.1, 0.15) is 78.7 Å². The van der Waals surface area contributed by atoms with Crippen LogP contribution in [0.15, 0.2) is 24.3 Å². The van der Waals surface area contributed by atoms with Crippen LogP contribution in [0, 0.1) is 5.92 Å². The van der Waals surface area contributed by atoms with Gasteiger partial charge in [0.05, 0.1) is 6.61 Å². The molecule has 158 valence electrons. The first-order valence-electron chi connectivity index (χ1n) is 10.5. The van der Waals surface area contributed by atoms with Crippen molar-refractivity contribution in [3.8, 4) is 5.75 Å². The number of nitrogens with two attached hydrogens (primary N) is 1. The van der Waals surface area contributed by atoms with E-state index in [1.807, 2.05) is 26.0 Å². The van der Waals surface area contributed by atoms with Gasteiger partial charge in [0.1, 0.15) is 11.8 Å². The van der Waals surface area contributed by atoms with Crippen LogP contribution in [0.4, 0.5) is 0 Å². The van der Waals surface area contributed by atoms with E-state index in [1.165, 1.54) is 5.56 Å². The molecule has 0 radical (unpaired) electrons. The van der Waals surface area contributed by atoms with Gasteiger partial charge in [-0.2, -0.15) is 0 Å². The highest BCUT2D eigenvalue weighted by atomic mass is 16.5. The fourth-order valence-corrected chi connectivity index (χ4v) is 2.94. The molecule has 2 atom stereocenters. The molecule has 0 bridgehead atoms. The summed E-state index contributed by atoms with van der Waals surface area (Å²) in [5.41, 5.74) is 6.88. The lowest BCUT2D eigenvalue weighted by Crippen LogP contribution is -2.48. The third kappa shape index (κ3) is 7.91. The van der Waals surface area contributed by atoms with Crippen LogP contribution in [-0.4, -0.2) is 24.5 Å². The maximum Gasteiger partial charge on any atom is 0.240 e. The fourth-order valence-electron chi connectivity index (χ4n) is 2.94. The molecule has 0 fully saturated rings. The normalized spacial score (nSPS) is 13.6. The van der Waals surface area contributed by atoms with Crippen molar-refractivity contribution in [3.05, 3.63) is 29.8 Å². The number of amides is 2. The van der Waals surface area contributed by atoms with E-state index in [2.05, 4.69) is 38.2 Å². The van der Waals surface area contributed by atoms with Crippen molar-refractivity contribution >= 4 is 11.8 Å². The average Bonchev–Trinajstić information content (AvgIpc) is 2.68. The monoisotopic (exact) mass is 390 g/mol. The summed E-state index contributed by atoms with van der Waals surface area (Å²) in [6.45, 7) is 11.2. The van der Waals surface area contributed by atoms with Crippen molar-refractivity contribution in [2.24, 2.45) is 11.7 Å². The molecule has 0 spiro atoms. The van der Waals surface area contributed by atoms with Crippen molar-refractivity contribution in [2.45, 2.75) is 84.6 Å². The van der Waals surface area contributed by atoms with E-state index in [-0.39, 0.29) is 17.2 Å². The number of carbonyl (C=O) groups excluding carboxylic acids is 2. The van der Waals surface area contributed by atoms with Crippen molar-refractivity contribution < 1.29 is 14.3 Å². The van der Waals surface area contributed by atoms with E-state index < -0.39 is 11.9 Å². The summed E-state index contributed by atoms with van der Waals surface area (Å²) in [5, 5.41) is 2.76. The number of hydrogen-bond donors (Lipinski definition) is 2. The van der Waals surface area contributed by atoms with Gasteiger partial charge in [-0.25, -0.2) is 0 Å². The van der Waals surface area contributed by atoms with Gasteiger partial charge >= 0.3 is 0 Å². The highest BCUT2D eigenvalue weighted by Crippen LogP contribution is 2.28. The second-order valence-electron chi connectivity index (χ2n) is 8.25. The number of primary amides is 1. The Hall–Kier alpha value is -2.04. The molecule has 0 saturated heterocycles. The summed E-state index contributed by atoms with van der Waals surface area (Å²) < 4.78 is 5.79. The largest absolute Gasteiger partial charge is 0.494 e. The molecule has 0 saturated carbocycles. The smallest absolute Gasteiger partial charge is 0.240 e. The molecule has 2 unspecified atom stereocenters. The van der Waals surface area contributed by atoms with Crippen LogP contribution < -0.4 is 15.8 Å². The van der Waals surface area contributed by atoms with Crippen molar-refractivity contribution in [1.29, 1.82) is 0 Å². The van der Waals surface area contributed by atoms with Gasteiger partial charge in [0.15, 0.2) is 0 Å². The van der Waals surface area contributed by atoms with Crippen LogP contribution in [0.25, 0.3) is 0 Å². The zero-order valence-corrected chi connectivity index (χ0v) is 18.2. The van der Waals surface area contributed by atoms with Crippen LogP contribution in [-0.2, 0) is 15.0 Å². The van der Waals surface area contributed by atoms with Gasteiger partial charge in [-0.05, 0) is 54.7 Å². The minimum absolute atomic E-state index is 0.0455. The summed E-state index contributed by atoms with van der Waals surface area (Å²) in [6, 6.07) is 7.74. The Morgan fingerprint density at radius 1 is 1.11 bits per heavy atom. The lowest BCUT2D eigenvalue weighted by Gasteiger charge is -2.23. The molecule has 1 aromatic rings. The Morgan fingerprint density at radius 2 is 1.75 bits per heavy atom. The highest BCUT2D eigenvalue weighted by molar-refractivity contribution is 5.86. The summed E-state index contributed by atoms with van der Waals surface area (Å²) in [7, 11) is 0. The Morgan fingerprint density at radius 3 is 2.29 bits per heavy atom. The third-order valence-electron chi connectivity index (χ3n) is 5.67. The summed E-state index contributed by atoms with van der Waals surface area (Å²) >= 11 is 0. The van der Waals surface area contributed by atoms with Crippen LogP contribution in [0.2, 0.25) is 0 Å². The molecule has 28 heavy (non-hydrogen) atoms. The predicted molar refractivity (Wildman–Crippen MR) is 114 cm³/mol. The number of nitrogens with one attached hydrogen (secondary N) is 1. The minimum Gasteiger partial charge on any atom is -0.494 e. The molecule has 5 nitrogen and oxygen atoms in total. The summed E-state index contributed by atoms with van der Waals surface area (Å²) in [6.07, 6.45) is 4.85. The van der Waals surface area contributed by atoms with E-state index in [1.54, 1.807) is 0 Å². The Labute approximate surface area is 170 Å². The zero-order chi connectivity index (χ0) is 21.2. The standard InChI is InChI=1S/C23H38N2O3/c1-6-17(3)21(22(24)27)25-20(26)11-9-8-10-16-28-19-14-12-18(13-15-19)23(4,5)7-2/h12-15,17,21H,6-11,16H2,1-5H3,(H2,24,27)(H,25,26). The number of carbonyl (C=O) groups is 2. The first-order valence-corrected chi connectivity index (χ1v) is 10.5. The van der Waals surface area contributed by atoms with Crippen molar-refractivity contribution in [2.75, 3.05) is 6.61 Å². The average molecular weight is 391 g/mol. The molecule has 0 aromatic heterocycles. The SMILES string of the molecule is CCC(C)C(NC(=O)CCCCCOc1ccc(C(C)(C)CC)cc1)C(N)=O. The molecule has 3 N–H and O–H groups in total. The Balaban J connectivity index is 2.25. The van der Waals surface area contributed by atoms with Crippen molar-refractivity contribution in [1.82, 2.24) is 5.32 Å². The minimum atomic E-state index is -0.582. The maximum atomic E-state index is 12.0. The molecule has 1 rings (SSSR count). The molecular weight excluding hydrogens is 352 g/mol. The Kier molecular flexibility index (Phi) is 10.0. The quantitative estimate of drug-likeness (QED) is 0.492. The van der Waals surface area contributed by atoms with Gasteiger partial charge in [-0.1, -0.05) is 53.2 Å². The van der Waals surface area contributed by atoms with Crippen molar-refractivity contribution in [3.63, 3.8) is 0 Å². The third-order valence-corrected chi connectivity index (χ3v) is 5.67. The van der Waals surface area contributed by atoms with E-state index in [0.29, 0.717) is 13.0 Å². The fraction of sp³-hybridized carbons (Fsp3) is 0.652. The molecule has 5 heteroatoms. The second-order valence-corrected chi connectivity index (χ2v) is 8.25. The first kappa shape index (κ1) is 24.0. The van der Waals surface area contributed by atoms with Gasteiger partial charge in [-0.3, -0.25) is 9.59 Å². The zero-order valence-electron chi connectivity index (χ0n) is 18.2. The van der Waals surface area contributed by atoms with Crippen LogP contribution in [0.5, 0.6) is 5.75 Å². The van der Waals surface area contributed by atoms with E-state index in [9.17, 15) is 9.59 Å². The van der Waals surface area contributed by atoms with Crippen LogP contribution >= 0.6 is 0 Å². The van der Waals surface area contributed by atoms with Gasteiger partial charge in [-0.15, -0.1) is 0 Å². The lowest BCUT2D eigenvalue weighted by molar-refractivity contribution is -0.128. The Bertz CT molecular complexity index is 611. The number of ether oxygens (including phenoxy) is 1. The van der Waals surface area contributed by atoms with E-state index >= 15 is 0 Å². The van der Waals surface area contributed by atoms with Crippen LogP contribution in [0.3, 0.4) is 0 Å². The van der Waals surface area contributed by atoms with E-state index in [4.69, 9.17) is 10.5 Å². The molecule has 1 aromatic carbocycles. The number of unbranched alkanes of at least 4 members (excludes halogenated alkanes) is 2. The molecule has 0 aliphatic rings. The van der Waals surface area contributed by atoms with Gasteiger partial charge in [0.2, 0.25) is 11.8 Å². The molecule has 2 amide bonds. The van der Waals surface area contributed by atoms with Gasteiger partial charge in [0, 0.05) is 6.42 Å². The topological polar surface area (TPSA) is 81.4 Å². The summed E-state index contributed by atoms with van der Waals surface area (Å²) in [4.78, 5) is 23.5. The number of benzene rings is 1. The lowest BCUT2D eigenvalue weighted by atomic mass is 9.82. The molecular formula is C23H38N2O3. The number of hydrogen-bond acceptors (Lipinski definition) is 3. The molecule has 0 heterocycles. The molecule has 0 aliphatic heterocycles. The summed E-state index contributed by atoms with van der Waals surface area (Å²) in [5.74, 6) is 0.346.